The van der Waals surface area contributed by atoms with E-state index in [0.717, 1.165) is 10.1 Å². The lowest BCUT2D eigenvalue weighted by Crippen LogP contribution is -2.61. The summed E-state index contributed by atoms with van der Waals surface area (Å²) in [5.41, 5.74) is 1.13. The van der Waals surface area contributed by atoms with Crippen LogP contribution in [-0.4, -0.2) is 33.8 Å². The third-order valence-corrected chi connectivity index (χ3v) is 16.9. The quantitative estimate of drug-likeness (QED) is 0.242. The van der Waals surface area contributed by atoms with Gasteiger partial charge in [0.1, 0.15) is 0 Å². The Morgan fingerprint density at radius 2 is 1.00 bits per heavy atom. The number of hydrogen-bond donors (Lipinski definition) is 0. The fraction of sp³-hybridized carbons (Fsp3) is 0.391. The minimum atomic E-state index is -3.19. The average Bonchev–Trinajstić information content (AvgIpc) is 2.58. The van der Waals surface area contributed by atoms with E-state index in [1.807, 2.05) is 12.1 Å². The molecule has 0 radical (unpaired) electrons. The maximum absolute atomic E-state index is 7.00. The van der Waals surface area contributed by atoms with E-state index < -0.39 is 33.8 Å². The van der Waals surface area contributed by atoms with E-state index in [1.54, 1.807) is 11.8 Å². The molecule has 2 aromatic carbocycles. The van der Waals surface area contributed by atoms with Gasteiger partial charge in [0.05, 0.1) is 4.53 Å². The van der Waals surface area contributed by atoms with E-state index in [2.05, 4.69) is 114 Å². The minimum Gasteiger partial charge on any atom is -0.413 e. The molecule has 0 aliphatic rings. The van der Waals surface area contributed by atoms with Crippen molar-refractivity contribution in [3.8, 4) is 0 Å². The zero-order valence-corrected chi connectivity index (χ0v) is 25.3. The standard InChI is InChI=1S/C23H38O3SSi4/c1-28(2,3)24-31(25-29(4,5)6,26-30(7,8)9)23(20-21-16-12-10-13-17-21)27-22-18-14-11-15-19-22/h10-20H,1-9H3/b23-20+. The molecule has 8 heteroatoms. The van der Waals surface area contributed by atoms with Crippen LogP contribution in [-0.2, 0) is 12.3 Å². The molecule has 0 atom stereocenters. The third-order valence-electron chi connectivity index (χ3n) is 3.69. The highest BCUT2D eigenvalue weighted by molar-refractivity contribution is 8.05. The van der Waals surface area contributed by atoms with Gasteiger partial charge in [0.2, 0.25) is 0 Å². The third kappa shape index (κ3) is 9.75. The lowest BCUT2D eigenvalue weighted by molar-refractivity contribution is 0.270. The predicted octanol–water partition coefficient (Wildman–Crippen LogP) is 7.85. The van der Waals surface area contributed by atoms with Gasteiger partial charge in [-0.05, 0) is 82.7 Å². The number of hydrogen-bond acceptors (Lipinski definition) is 4. The Morgan fingerprint density at radius 3 is 1.39 bits per heavy atom. The van der Waals surface area contributed by atoms with Gasteiger partial charge in [-0.15, -0.1) is 0 Å². The van der Waals surface area contributed by atoms with Crippen LogP contribution in [0.2, 0.25) is 58.9 Å². The molecule has 3 nitrogen and oxygen atoms in total. The van der Waals surface area contributed by atoms with Crippen molar-refractivity contribution in [3.63, 3.8) is 0 Å². The van der Waals surface area contributed by atoms with E-state index in [-0.39, 0.29) is 0 Å². The van der Waals surface area contributed by atoms with Gasteiger partial charge in [0.25, 0.3) is 0 Å². The summed E-state index contributed by atoms with van der Waals surface area (Å²) in [5.74, 6) is 0. The van der Waals surface area contributed by atoms with Gasteiger partial charge in [-0.1, -0.05) is 60.3 Å². The lowest BCUT2D eigenvalue weighted by Gasteiger charge is -2.43. The summed E-state index contributed by atoms with van der Waals surface area (Å²) < 4.78 is 22.1. The predicted molar refractivity (Wildman–Crippen MR) is 146 cm³/mol. The average molecular weight is 507 g/mol. The van der Waals surface area contributed by atoms with Crippen LogP contribution in [0.5, 0.6) is 0 Å². The summed E-state index contributed by atoms with van der Waals surface area (Å²) >= 11 is 1.73. The molecule has 2 aromatic rings. The van der Waals surface area contributed by atoms with Crippen LogP contribution in [0.25, 0.3) is 6.08 Å². The molecule has 0 saturated carbocycles. The van der Waals surface area contributed by atoms with Crippen LogP contribution < -0.4 is 0 Å². The minimum absolute atomic E-state index is 1.08. The summed E-state index contributed by atoms with van der Waals surface area (Å²) in [6.07, 6.45) is 2.23. The molecule has 0 fully saturated rings. The molecule has 0 aliphatic carbocycles. The van der Waals surface area contributed by atoms with E-state index in [9.17, 15) is 0 Å². The van der Waals surface area contributed by atoms with Crippen LogP contribution >= 0.6 is 11.8 Å². The van der Waals surface area contributed by atoms with Crippen LogP contribution in [0.1, 0.15) is 5.56 Å². The van der Waals surface area contributed by atoms with Crippen LogP contribution in [0, 0.1) is 0 Å². The summed E-state index contributed by atoms with van der Waals surface area (Å²) in [6.45, 7) is 20.0. The fourth-order valence-electron chi connectivity index (χ4n) is 2.92. The Hall–Kier alpha value is -0.722. The molecule has 31 heavy (non-hydrogen) atoms. The molecular formula is C23H38O3SSi4. The van der Waals surface area contributed by atoms with Crippen molar-refractivity contribution in [1.29, 1.82) is 0 Å². The second kappa shape index (κ2) is 10.5. The Labute approximate surface area is 198 Å². The second-order valence-corrected chi connectivity index (χ2v) is 28.8. The molecule has 0 amide bonds. The topological polar surface area (TPSA) is 27.7 Å². The molecule has 2 rings (SSSR count). The van der Waals surface area contributed by atoms with E-state index in [4.69, 9.17) is 12.3 Å². The van der Waals surface area contributed by atoms with Gasteiger partial charge >= 0.3 is 8.80 Å². The molecule has 0 aliphatic heterocycles. The van der Waals surface area contributed by atoms with Crippen molar-refractivity contribution in [2.45, 2.75) is 63.8 Å². The van der Waals surface area contributed by atoms with Crippen molar-refractivity contribution in [1.82, 2.24) is 0 Å². The zero-order chi connectivity index (χ0) is 23.3. The number of thioether (sulfide) groups is 1. The summed E-state index contributed by atoms with van der Waals surface area (Å²) in [7, 11) is -9.15. The summed E-state index contributed by atoms with van der Waals surface area (Å²) in [6, 6.07) is 20.9. The van der Waals surface area contributed by atoms with Crippen molar-refractivity contribution in [3.05, 3.63) is 70.8 Å². The Bertz CT molecular complexity index is 814. The highest BCUT2D eigenvalue weighted by Gasteiger charge is 2.53. The molecule has 0 aromatic heterocycles. The van der Waals surface area contributed by atoms with Gasteiger partial charge in [0.15, 0.2) is 25.0 Å². The SMILES string of the molecule is C[Si](C)(C)O[Si](O[Si](C)(C)C)(O[Si](C)(C)C)/C(=C/c1ccccc1)Sc1ccccc1. The first-order valence-electron chi connectivity index (χ1n) is 10.8. The van der Waals surface area contributed by atoms with E-state index in [1.165, 1.54) is 4.90 Å². The summed E-state index contributed by atoms with van der Waals surface area (Å²) in [5, 5.41) is 0. The molecule has 0 saturated heterocycles. The van der Waals surface area contributed by atoms with Crippen LogP contribution in [0.3, 0.4) is 0 Å². The molecule has 0 bridgehead atoms. The Morgan fingerprint density at radius 1 is 0.613 bits per heavy atom. The first-order valence-corrected chi connectivity index (χ1v) is 23.5. The summed E-state index contributed by atoms with van der Waals surface area (Å²) in [4.78, 5) is 1.17. The molecule has 0 N–H and O–H groups in total. The molecular weight excluding hydrogens is 469 g/mol. The highest BCUT2D eigenvalue weighted by atomic mass is 32.2. The van der Waals surface area contributed by atoms with Gasteiger partial charge < -0.3 is 12.3 Å². The first kappa shape index (κ1) is 26.5. The molecule has 0 unspecified atom stereocenters. The van der Waals surface area contributed by atoms with Crippen molar-refractivity contribution >= 4 is 51.6 Å². The molecule has 0 heterocycles. The zero-order valence-electron chi connectivity index (χ0n) is 20.5. The Balaban J connectivity index is 2.73. The normalized spacial score (nSPS) is 14.0. The molecule has 0 spiro atoms. The van der Waals surface area contributed by atoms with Gasteiger partial charge in [0, 0.05) is 4.90 Å². The lowest BCUT2D eigenvalue weighted by atomic mass is 10.2. The molecule has 170 valence electrons. The van der Waals surface area contributed by atoms with Crippen LogP contribution in [0.15, 0.2) is 70.1 Å². The number of benzene rings is 2. The van der Waals surface area contributed by atoms with Gasteiger partial charge in [-0.2, -0.15) is 0 Å². The maximum Gasteiger partial charge on any atom is 0.512 e. The van der Waals surface area contributed by atoms with Crippen LogP contribution in [0.4, 0.5) is 0 Å². The monoisotopic (exact) mass is 506 g/mol. The largest absolute Gasteiger partial charge is 0.512 e. The Kier molecular flexibility index (Phi) is 8.96. The smallest absolute Gasteiger partial charge is 0.413 e. The fourth-order valence-corrected chi connectivity index (χ4v) is 18.5. The van der Waals surface area contributed by atoms with Gasteiger partial charge in [-0.3, -0.25) is 0 Å². The number of rotatable bonds is 10. The second-order valence-electron chi connectivity index (χ2n) is 10.5. The first-order chi connectivity index (χ1) is 14.2. The van der Waals surface area contributed by atoms with Crippen molar-refractivity contribution in [2.75, 3.05) is 0 Å². The van der Waals surface area contributed by atoms with Crippen molar-refractivity contribution in [2.24, 2.45) is 0 Å². The van der Waals surface area contributed by atoms with Gasteiger partial charge in [-0.25, -0.2) is 0 Å². The maximum atomic E-state index is 7.00. The van der Waals surface area contributed by atoms with Crippen molar-refractivity contribution < 1.29 is 12.3 Å². The van der Waals surface area contributed by atoms with E-state index in [0.29, 0.717) is 0 Å². The highest BCUT2D eigenvalue weighted by Crippen LogP contribution is 2.41. The van der Waals surface area contributed by atoms with E-state index >= 15 is 0 Å².